The minimum atomic E-state index is -0.522. The Hall–Kier alpha value is -5.92. The Morgan fingerprint density at radius 3 is 1.58 bits per heavy atom. The van der Waals surface area contributed by atoms with Crippen molar-refractivity contribution in [1.82, 2.24) is 60.8 Å². The predicted molar refractivity (Wildman–Crippen MR) is 313 cm³/mol. The zero-order valence-corrected chi connectivity index (χ0v) is 48.6. The van der Waals surface area contributed by atoms with Gasteiger partial charge >= 0.3 is 0 Å². The second kappa shape index (κ2) is 26.6. The number of carbonyl (C=O) groups excluding carboxylic acids is 7. The number of thiazole rings is 4. The molecule has 2 aliphatic carbocycles. The Morgan fingerprint density at radius 2 is 1.14 bits per heavy atom. The van der Waals surface area contributed by atoms with Gasteiger partial charge in [0.25, 0.3) is 23.6 Å². The van der Waals surface area contributed by atoms with Gasteiger partial charge in [-0.1, -0.05) is 28.7 Å². The third-order valence-corrected chi connectivity index (χ3v) is 17.5. The van der Waals surface area contributed by atoms with Crippen molar-refractivity contribution in [2.45, 2.75) is 130 Å². The standard InChI is InChI=1S/C27H36N6O4S2.C26H33N7O3S2.2CH4/c1-16(2)6-7-20(34)23-17(27(8-9-27)31-25(23)37)12-22(35)33(5)13-21-29-19(15-38-21)26-30-18(14-39-26)24(36)28-10-11-32(3)4;1-15-5-6-17(28-15)22-16(26(7-8-26)31-24(22)36)11-21(34)33(4)12-20-29-19(14-37-20)25-30-18(13-38-25)23(35)27-9-10-32(2)3;;/h14-16H,6-13H2,1-5H3,(H,28,36)(H,31,37);13-15H,5-12H2,1-4H3,(H,27,35)(H,31,36);2*1H4/t;15-;;/m.0../s1. The highest BCUT2D eigenvalue weighted by molar-refractivity contribution is 7.14. The van der Waals surface area contributed by atoms with Crippen molar-refractivity contribution >= 4 is 92.3 Å². The number of aromatic nitrogens is 4. The number of nitrogens with zero attached hydrogens (tertiary/aromatic N) is 9. The van der Waals surface area contributed by atoms with Crippen molar-refractivity contribution in [3.63, 3.8) is 0 Å². The summed E-state index contributed by atoms with van der Waals surface area (Å²) in [6, 6.07) is 0.214. The van der Waals surface area contributed by atoms with Gasteiger partial charge in [-0.15, -0.1) is 45.3 Å². The van der Waals surface area contributed by atoms with Crippen molar-refractivity contribution in [1.29, 1.82) is 0 Å². The Morgan fingerprint density at radius 1 is 0.671 bits per heavy atom. The molecular weight excluding hydrogens is 1080 g/mol. The Balaban J connectivity index is 0.000000249. The highest BCUT2D eigenvalue weighted by atomic mass is 32.1. The molecule has 4 aromatic heterocycles. The van der Waals surface area contributed by atoms with Crippen LogP contribution in [-0.4, -0.2) is 172 Å². The molecule has 79 heavy (non-hydrogen) atoms. The second-order valence-corrected chi connectivity index (χ2v) is 25.0. The maximum absolute atomic E-state index is 13.3. The third-order valence-electron chi connectivity index (χ3n) is 14.1. The van der Waals surface area contributed by atoms with E-state index in [2.05, 4.69) is 53.1 Å². The van der Waals surface area contributed by atoms with Crippen LogP contribution in [0.3, 0.4) is 0 Å². The summed E-state index contributed by atoms with van der Waals surface area (Å²) in [6.07, 6.45) is 6.23. The molecule has 5 aliphatic rings. The quantitative estimate of drug-likeness (QED) is 0.0571. The van der Waals surface area contributed by atoms with Crippen molar-refractivity contribution in [2.75, 3.05) is 68.5 Å². The van der Waals surface area contributed by atoms with Gasteiger partial charge in [0.05, 0.1) is 48.2 Å². The molecule has 2 fully saturated rings. The van der Waals surface area contributed by atoms with E-state index < -0.39 is 5.54 Å². The molecule has 428 valence electrons. The van der Waals surface area contributed by atoms with E-state index >= 15 is 0 Å². The van der Waals surface area contributed by atoms with Crippen LogP contribution < -0.4 is 21.3 Å². The van der Waals surface area contributed by atoms with E-state index in [1.54, 1.807) is 34.7 Å². The Kier molecular flexibility index (Phi) is 20.9. The number of aliphatic imine (C=N–C) groups is 1. The summed E-state index contributed by atoms with van der Waals surface area (Å²) in [5, 5.41) is 21.9. The normalized spacial score (nSPS) is 17.3. The zero-order valence-electron chi connectivity index (χ0n) is 45.3. The minimum absolute atomic E-state index is 0. The molecule has 0 aromatic carbocycles. The topological polar surface area (TPSA) is 244 Å². The van der Waals surface area contributed by atoms with Crippen LogP contribution in [0.4, 0.5) is 0 Å². The molecule has 4 N–H and O–H groups in total. The average molecular weight is 1160 g/mol. The van der Waals surface area contributed by atoms with Crippen molar-refractivity contribution < 1.29 is 33.6 Å². The van der Waals surface area contributed by atoms with E-state index in [1.165, 1.54) is 45.3 Å². The molecule has 7 heterocycles. The monoisotopic (exact) mass is 1160 g/mol. The first-order valence-electron chi connectivity index (χ1n) is 26.0. The fourth-order valence-corrected chi connectivity index (χ4v) is 12.6. The summed E-state index contributed by atoms with van der Waals surface area (Å²) < 4.78 is 0. The SMILES string of the molecule is C.C.CC(C)CCC(=O)C1=C(CC(=O)N(C)Cc2nc(-c3nc(C(=O)NCCN(C)C)cs3)cs2)C2(CC2)NC1=O.C[C@H]1CCC(C2=C(CC(=O)N(C)Cc3nc(-c4nc(C(=O)NCCN(C)C)cs4)cs3)C3(CC3)NC2=O)=N1. The van der Waals surface area contributed by atoms with E-state index in [0.29, 0.717) is 88.9 Å². The molecule has 24 heteroatoms. The Labute approximate surface area is 480 Å². The fourth-order valence-electron chi connectivity index (χ4n) is 9.23. The minimum Gasteiger partial charge on any atom is -0.349 e. The zero-order chi connectivity index (χ0) is 55.3. The van der Waals surface area contributed by atoms with Gasteiger partial charge in [0.1, 0.15) is 42.8 Å². The highest BCUT2D eigenvalue weighted by Gasteiger charge is 2.56. The molecule has 4 aromatic rings. The first-order chi connectivity index (χ1) is 36.6. The molecule has 0 saturated heterocycles. The smallest absolute Gasteiger partial charge is 0.270 e. The summed E-state index contributed by atoms with van der Waals surface area (Å²) in [5.74, 6) is -0.868. The number of rotatable bonds is 23. The summed E-state index contributed by atoms with van der Waals surface area (Å²) in [7, 11) is 11.3. The van der Waals surface area contributed by atoms with Gasteiger partial charge in [0.15, 0.2) is 5.78 Å². The molecule has 9 rings (SSSR count). The largest absolute Gasteiger partial charge is 0.349 e. The van der Waals surface area contributed by atoms with Crippen LogP contribution in [0.1, 0.15) is 131 Å². The lowest BCUT2D eigenvalue weighted by molar-refractivity contribution is -0.130. The van der Waals surface area contributed by atoms with Gasteiger partial charge in [-0.05, 0) is 97.1 Å². The Bertz CT molecular complexity index is 3010. The van der Waals surface area contributed by atoms with Crippen LogP contribution in [0.15, 0.2) is 48.8 Å². The molecule has 20 nitrogen and oxygen atoms in total. The van der Waals surface area contributed by atoms with Gasteiger partial charge < -0.3 is 40.9 Å². The van der Waals surface area contributed by atoms with Crippen molar-refractivity contribution in [2.24, 2.45) is 10.9 Å². The fraction of sp³-hybridized carbons (Fsp3) is 0.564. The third kappa shape index (κ3) is 15.3. The number of likely N-dealkylation sites (N-methyl/N-ethyl adjacent to an activating group) is 2. The van der Waals surface area contributed by atoms with Crippen molar-refractivity contribution in [3.8, 4) is 21.4 Å². The highest BCUT2D eigenvalue weighted by Crippen LogP contribution is 2.50. The molecule has 0 unspecified atom stereocenters. The summed E-state index contributed by atoms with van der Waals surface area (Å²) in [6.45, 7) is 9.39. The number of hydrogen-bond acceptors (Lipinski definition) is 18. The number of carbonyl (C=O) groups is 7. The molecule has 6 amide bonds. The van der Waals surface area contributed by atoms with Gasteiger partial charge in [0.2, 0.25) is 11.8 Å². The molecule has 2 spiro atoms. The van der Waals surface area contributed by atoms with Gasteiger partial charge in [-0.3, -0.25) is 38.6 Å². The van der Waals surface area contributed by atoms with Crippen LogP contribution in [0.25, 0.3) is 21.4 Å². The van der Waals surface area contributed by atoms with Gasteiger partial charge in [0, 0.05) is 80.0 Å². The molecule has 0 bridgehead atoms. The maximum Gasteiger partial charge on any atom is 0.270 e. The van der Waals surface area contributed by atoms with Crippen LogP contribution >= 0.6 is 45.3 Å². The summed E-state index contributed by atoms with van der Waals surface area (Å²) in [5.41, 5.74) is 4.47. The van der Waals surface area contributed by atoms with Crippen molar-refractivity contribution in [3.05, 3.63) is 65.2 Å². The van der Waals surface area contributed by atoms with Gasteiger partial charge in [-0.2, -0.15) is 0 Å². The lowest BCUT2D eigenvalue weighted by atomic mass is 9.93. The second-order valence-electron chi connectivity index (χ2n) is 21.4. The van der Waals surface area contributed by atoms with E-state index in [-0.39, 0.29) is 86.1 Å². The first-order valence-corrected chi connectivity index (χ1v) is 29.5. The molecule has 2 saturated carbocycles. The molecular formula is C55H77N13O7S4. The number of nitrogens with one attached hydrogen (secondary N) is 4. The van der Waals surface area contributed by atoms with Crippen LogP contribution in [0, 0.1) is 5.92 Å². The number of ketones is 1. The van der Waals surface area contributed by atoms with E-state index in [0.717, 1.165) is 72.9 Å². The van der Waals surface area contributed by atoms with Crippen LogP contribution in [-0.2, 0) is 37.1 Å². The van der Waals surface area contributed by atoms with E-state index in [1.807, 2.05) is 62.6 Å². The first kappa shape index (κ1) is 62.3. The maximum atomic E-state index is 13.3. The molecule has 3 aliphatic heterocycles. The molecule has 0 radical (unpaired) electrons. The number of hydrogen-bond donors (Lipinski definition) is 4. The molecule has 1 atom stereocenters. The van der Waals surface area contributed by atoms with Gasteiger partial charge in [-0.25, -0.2) is 19.9 Å². The summed E-state index contributed by atoms with van der Waals surface area (Å²) >= 11 is 5.60. The van der Waals surface area contributed by atoms with E-state index in [4.69, 9.17) is 0 Å². The predicted octanol–water partition coefficient (Wildman–Crippen LogP) is 6.63. The van der Waals surface area contributed by atoms with Crippen LogP contribution in [0.5, 0.6) is 0 Å². The average Bonchev–Trinajstić information content (AvgIpc) is 3.68. The van der Waals surface area contributed by atoms with Crippen LogP contribution in [0.2, 0.25) is 0 Å². The number of Topliss-reactive ketones (excluding diaryl/α,β-unsaturated/α-hetero) is 1. The summed E-state index contributed by atoms with van der Waals surface area (Å²) in [4.78, 5) is 120. The number of amides is 6. The van der Waals surface area contributed by atoms with E-state index in [9.17, 15) is 33.6 Å². The lowest BCUT2D eigenvalue weighted by Crippen LogP contribution is -2.33. The lowest BCUT2D eigenvalue weighted by Gasteiger charge is -2.19.